The lowest BCUT2D eigenvalue weighted by atomic mass is 9.82. The minimum absolute atomic E-state index is 0.0731. The fraction of sp³-hybridized carbons (Fsp3) is 0.412. The van der Waals surface area contributed by atoms with E-state index in [0.29, 0.717) is 13.1 Å². The summed E-state index contributed by atoms with van der Waals surface area (Å²) in [5.41, 5.74) is 2.15. The molecular formula is C17H22N4O3. The smallest absolute Gasteiger partial charge is 0.306 e. The van der Waals surface area contributed by atoms with Gasteiger partial charge >= 0.3 is 5.69 Å². The number of rotatable bonds is 7. The molecule has 0 bridgehead atoms. The largest absolute Gasteiger partial charge is 0.355 e. The lowest BCUT2D eigenvalue weighted by Gasteiger charge is -2.27. The molecule has 1 aromatic heterocycles. The Labute approximate surface area is 140 Å². The predicted molar refractivity (Wildman–Crippen MR) is 90.7 cm³/mol. The van der Waals surface area contributed by atoms with Gasteiger partial charge in [-0.1, -0.05) is 38.1 Å². The summed E-state index contributed by atoms with van der Waals surface area (Å²) in [5, 5.41) is 17.4. The summed E-state index contributed by atoms with van der Waals surface area (Å²) in [5.74, 6) is -0.102. The van der Waals surface area contributed by atoms with Crippen LogP contribution in [0.15, 0.2) is 36.7 Å². The van der Waals surface area contributed by atoms with Gasteiger partial charge in [-0.25, -0.2) is 0 Å². The van der Waals surface area contributed by atoms with Crippen molar-refractivity contribution in [1.82, 2.24) is 15.1 Å². The number of carbonyl (C=O) groups is 1. The van der Waals surface area contributed by atoms with Crippen LogP contribution in [0, 0.1) is 17.0 Å². The first-order valence-electron chi connectivity index (χ1n) is 7.79. The molecule has 1 N–H and O–H groups in total. The number of hydrogen-bond acceptors (Lipinski definition) is 4. The molecule has 7 nitrogen and oxygen atoms in total. The Morgan fingerprint density at radius 2 is 2.08 bits per heavy atom. The van der Waals surface area contributed by atoms with Crippen molar-refractivity contribution in [3.05, 3.63) is 57.9 Å². The summed E-state index contributed by atoms with van der Waals surface area (Å²) in [6.45, 7) is 7.07. The van der Waals surface area contributed by atoms with Crippen molar-refractivity contribution in [2.45, 2.75) is 39.2 Å². The van der Waals surface area contributed by atoms with E-state index >= 15 is 0 Å². The highest BCUT2D eigenvalue weighted by atomic mass is 16.6. The van der Waals surface area contributed by atoms with E-state index in [4.69, 9.17) is 0 Å². The quantitative estimate of drug-likeness (QED) is 0.624. The van der Waals surface area contributed by atoms with Crippen LogP contribution in [0.4, 0.5) is 5.69 Å². The monoisotopic (exact) mass is 330 g/mol. The molecule has 0 fully saturated rings. The van der Waals surface area contributed by atoms with Crippen LogP contribution in [0.3, 0.4) is 0 Å². The van der Waals surface area contributed by atoms with Crippen LogP contribution >= 0.6 is 0 Å². The van der Waals surface area contributed by atoms with Crippen LogP contribution in [0.1, 0.15) is 31.4 Å². The van der Waals surface area contributed by atoms with Gasteiger partial charge in [0.2, 0.25) is 5.91 Å². The Hall–Kier alpha value is -2.70. The first-order valence-corrected chi connectivity index (χ1v) is 7.79. The number of aryl methyl sites for hydroxylation is 2. The van der Waals surface area contributed by atoms with Gasteiger partial charge in [-0.15, -0.1) is 0 Å². The van der Waals surface area contributed by atoms with Crippen molar-refractivity contribution in [3.8, 4) is 0 Å². The first-order chi connectivity index (χ1) is 11.3. The number of carbonyl (C=O) groups excluding carboxylic acids is 1. The molecule has 1 amide bonds. The molecule has 1 aromatic carbocycles. The molecule has 0 saturated heterocycles. The van der Waals surface area contributed by atoms with Gasteiger partial charge in [0.1, 0.15) is 12.4 Å². The molecule has 0 aliphatic heterocycles. The van der Waals surface area contributed by atoms with Crippen LogP contribution in [0.2, 0.25) is 0 Å². The SMILES string of the molecule is Cc1ccccc1C(C)(C)CNC(=O)CCn1cc([N+](=O)[O-])cn1. The first kappa shape index (κ1) is 17.7. The standard InChI is InChI=1S/C17H22N4O3/c1-13-6-4-5-7-15(13)17(2,3)12-18-16(22)8-9-20-11-14(10-19-20)21(23)24/h4-7,10-11H,8-9,12H2,1-3H3,(H,18,22). The van der Waals surface area contributed by atoms with Gasteiger partial charge in [0.25, 0.3) is 0 Å². The molecule has 2 rings (SSSR count). The van der Waals surface area contributed by atoms with Crippen molar-refractivity contribution in [3.63, 3.8) is 0 Å². The third-order valence-electron chi connectivity index (χ3n) is 4.00. The summed E-state index contributed by atoms with van der Waals surface area (Å²) in [6, 6.07) is 8.13. The molecule has 0 unspecified atom stereocenters. The van der Waals surface area contributed by atoms with E-state index in [1.165, 1.54) is 28.2 Å². The second-order valence-corrected chi connectivity index (χ2v) is 6.44. The van der Waals surface area contributed by atoms with Crippen LogP contribution < -0.4 is 5.32 Å². The average molecular weight is 330 g/mol. The number of amides is 1. The van der Waals surface area contributed by atoms with Gasteiger partial charge in [0.05, 0.1) is 4.92 Å². The minimum atomic E-state index is -0.506. The van der Waals surface area contributed by atoms with E-state index < -0.39 is 4.92 Å². The number of nitrogens with one attached hydrogen (secondary N) is 1. The van der Waals surface area contributed by atoms with E-state index in [2.05, 4.69) is 43.3 Å². The maximum Gasteiger partial charge on any atom is 0.306 e. The summed E-state index contributed by atoms with van der Waals surface area (Å²) < 4.78 is 1.41. The fourth-order valence-electron chi connectivity index (χ4n) is 2.62. The Balaban J connectivity index is 1.86. The Kier molecular flexibility index (Phi) is 5.33. The Bertz CT molecular complexity index is 737. The number of nitro groups is 1. The molecule has 7 heteroatoms. The molecule has 0 spiro atoms. The van der Waals surface area contributed by atoms with Gasteiger partial charge in [-0.2, -0.15) is 5.10 Å². The number of nitrogens with zero attached hydrogens (tertiary/aromatic N) is 3. The molecular weight excluding hydrogens is 308 g/mol. The highest BCUT2D eigenvalue weighted by Gasteiger charge is 2.22. The van der Waals surface area contributed by atoms with Crippen LogP contribution in [-0.4, -0.2) is 27.2 Å². The lowest BCUT2D eigenvalue weighted by Crippen LogP contribution is -2.37. The molecule has 0 aliphatic rings. The summed E-state index contributed by atoms with van der Waals surface area (Å²) in [4.78, 5) is 22.1. The Morgan fingerprint density at radius 1 is 1.38 bits per heavy atom. The van der Waals surface area contributed by atoms with E-state index in [9.17, 15) is 14.9 Å². The topological polar surface area (TPSA) is 90.1 Å². The molecule has 0 atom stereocenters. The number of benzene rings is 1. The van der Waals surface area contributed by atoms with Crippen LogP contribution in [-0.2, 0) is 16.8 Å². The highest BCUT2D eigenvalue weighted by Crippen LogP contribution is 2.25. The van der Waals surface area contributed by atoms with E-state index in [1.54, 1.807) is 0 Å². The van der Waals surface area contributed by atoms with Crippen LogP contribution in [0.5, 0.6) is 0 Å². The molecule has 128 valence electrons. The van der Waals surface area contributed by atoms with Gasteiger partial charge in [0, 0.05) is 24.9 Å². The molecule has 24 heavy (non-hydrogen) atoms. The van der Waals surface area contributed by atoms with Crippen LogP contribution in [0.25, 0.3) is 0 Å². The second-order valence-electron chi connectivity index (χ2n) is 6.44. The lowest BCUT2D eigenvalue weighted by molar-refractivity contribution is -0.385. The van der Waals surface area contributed by atoms with Crippen molar-refractivity contribution >= 4 is 11.6 Å². The number of hydrogen-bond donors (Lipinski definition) is 1. The zero-order valence-electron chi connectivity index (χ0n) is 14.2. The summed E-state index contributed by atoms with van der Waals surface area (Å²) in [7, 11) is 0. The van der Waals surface area contributed by atoms with Gasteiger partial charge in [-0.3, -0.25) is 19.6 Å². The summed E-state index contributed by atoms with van der Waals surface area (Å²) in [6.07, 6.45) is 2.73. The molecule has 0 saturated carbocycles. The fourth-order valence-corrected chi connectivity index (χ4v) is 2.62. The maximum atomic E-state index is 12.0. The van der Waals surface area contributed by atoms with E-state index in [1.807, 2.05) is 12.1 Å². The number of aromatic nitrogens is 2. The van der Waals surface area contributed by atoms with Gasteiger partial charge in [0.15, 0.2) is 0 Å². The second kappa shape index (κ2) is 7.25. The van der Waals surface area contributed by atoms with Crippen molar-refractivity contribution in [1.29, 1.82) is 0 Å². The molecule has 1 heterocycles. The zero-order chi connectivity index (χ0) is 17.7. The van der Waals surface area contributed by atoms with Crippen molar-refractivity contribution in [2.24, 2.45) is 0 Å². The van der Waals surface area contributed by atoms with Crippen molar-refractivity contribution in [2.75, 3.05) is 6.54 Å². The van der Waals surface area contributed by atoms with Crippen molar-refractivity contribution < 1.29 is 9.72 Å². The van der Waals surface area contributed by atoms with Gasteiger partial charge in [-0.05, 0) is 18.1 Å². The predicted octanol–water partition coefficient (Wildman–Crippen LogP) is 2.58. The minimum Gasteiger partial charge on any atom is -0.355 e. The average Bonchev–Trinajstić information content (AvgIpc) is 3.00. The molecule has 0 radical (unpaired) electrons. The summed E-state index contributed by atoms with van der Waals surface area (Å²) >= 11 is 0. The maximum absolute atomic E-state index is 12.0. The Morgan fingerprint density at radius 3 is 2.71 bits per heavy atom. The van der Waals surface area contributed by atoms with E-state index in [0.717, 1.165) is 0 Å². The normalized spacial score (nSPS) is 11.3. The third kappa shape index (κ3) is 4.41. The van der Waals surface area contributed by atoms with Gasteiger partial charge < -0.3 is 5.32 Å². The highest BCUT2D eigenvalue weighted by molar-refractivity contribution is 5.75. The molecule has 0 aliphatic carbocycles. The zero-order valence-corrected chi connectivity index (χ0v) is 14.2. The van der Waals surface area contributed by atoms with E-state index in [-0.39, 0.29) is 23.4 Å². The third-order valence-corrected chi connectivity index (χ3v) is 4.00. The molecule has 2 aromatic rings.